The average Bonchev–Trinajstić information content (AvgIpc) is 2.29. The highest BCUT2D eigenvalue weighted by Crippen LogP contribution is 2.11. The predicted molar refractivity (Wildman–Crippen MR) is 67.7 cm³/mol. The number of nitrogens with two attached hydrogens (primary N) is 1. The molecule has 0 amide bonds. The third-order valence-corrected chi connectivity index (χ3v) is 2.40. The molecule has 0 saturated carbocycles. The van der Waals surface area contributed by atoms with Crippen molar-refractivity contribution in [3.05, 3.63) is 12.3 Å². The van der Waals surface area contributed by atoms with Crippen molar-refractivity contribution in [3.8, 4) is 0 Å². The highest BCUT2D eigenvalue weighted by Gasteiger charge is 2.07. The lowest BCUT2D eigenvalue weighted by Crippen LogP contribution is -2.23. The van der Waals surface area contributed by atoms with Gasteiger partial charge in [-0.3, -0.25) is 0 Å². The van der Waals surface area contributed by atoms with E-state index in [0.29, 0.717) is 18.5 Å². The molecule has 5 nitrogen and oxygen atoms in total. The molecule has 0 bridgehead atoms. The molecule has 3 N–H and O–H groups in total. The largest absolute Gasteiger partial charge is 0.367 e. The Morgan fingerprint density at radius 3 is 2.81 bits per heavy atom. The molecule has 1 aromatic heterocycles. The maximum atomic E-state index is 5.56. The lowest BCUT2D eigenvalue weighted by molar-refractivity contribution is 0.639. The van der Waals surface area contributed by atoms with E-state index < -0.39 is 0 Å². The summed E-state index contributed by atoms with van der Waals surface area (Å²) in [5, 5.41) is 3.37. The van der Waals surface area contributed by atoms with Crippen LogP contribution < -0.4 is 16.0 Å². The van der Waals surface area contributed by atoms with Gasteiger partial charge in [-0.1, -0.05) is 6.92 Å². The van der Waals surface area contributed by atoms with Crippen LogP contribution in [0.4, 0.5) is 11.8 Å². The van der Waals surface area contributed by atoms with Crippen LogP contribution in [0.3, 0.4) is 0 Å². The minimum absolute atomic E-state index is 0.384. The fraction of sp³-hybridized carbons (Fsp3) is 0.636. The first kappa shape index (κ1) is 12.7. The lowest BCUT2D eigenvalue weighted by Gasteiger charge is -2.17. The molecule has 16 heavy (non-hydrogen) atoms. The molecule has 0 fully saturated rings. The SMILES string of the molecule is CCC(CCN)Nc1ccnc(N(C)C)n1. The van der Waals surface area contributed by atoms with Crippen LogP contribution in [0.15, 0.2) is 12.3 Å². The van der Waals surface area contributed by atoms with Gasteiger partial charge in [0.25, 0.3) is 0 Å². The van der Waals surface area contributed by atoms with Crippen LogP contribution in [0, 0.1) is 0 Å². The Hall–Kier alpha value is -1.36. The van der Waals surface area contributed by atoms with Crippen LogP contribution in [0.5, 0.6) is 0 Å². The number of hydrogen-bond donors (Lipinski definition) is 2. The zero-order chi connectivity index (χ0) is 12.0. The third-order valence-electron chi connectivity index (χ3n) is 2.40. The summed E-state index contributed by atoms with van der Waals surface area (Å²) >= 11 is 0. The second kappa shape index (κ2) is 6.27. The number of nitrogens with one attached hydrogen (secondary N) is 1. The summed E-state index contributed by atoms with van der Waals surface area (Å²) in [5.41, 5.74) is 5.56. The zero-order valence-corrected chi connectivity index (χ0v) is 10.3. The van der Waals surface area contributed by atoms with E-state index in [2.05, 4.69) is 22.2 Å². The fourth-order valence-corrected chi connectivity index (χ4v) is 1.43. The Labute approximate surface area is 97.1 Å². The molecule has 0 spiro atoms. The molecular weight excluding hydrogens is 202 g/mol. The first-order valence-electron chi connectivity index (χ1n) is 5.64. The summed E-state index contributed by atoms with van der Waals surface area (Å²) in [6.45, 7) is 2.83. The number of nitrogens with zero attached hydrogens (tertiary/aromatic N) is 3. The quantitative estimate of drug-likeness (QED) is 0.755. The van der Waals surface area contributed by atoms with E-state index in [1.807, 2.05) is 25.1 Å². The van der Waals surface area contributed by atoms with E-state index in [-0.39, 0.29) is 0 Å². The zero-order valence-electron chi connectivity index (χ0n) is 10.3. The first-order valence-corrected chi connectivity index (χ1v) is 5.64. The normalized spacial score (nSPS) is 12.2. The highest BCUT2D eigenvalue weighted by atomic mass is 15.2. The van der Waals surface area contributed by atoms with Crippen molar-refractivity contribution in [3.63, 3.8) is 0 Å². The minimum atomic E-state index is 0.384. The van der Waals surface area contributed by atoms with Gasteiger partial charge in [0.2, 0.25) is 5.95 Å². The van der Waals surface area contributed by atoms with Gasteiger partial charge >= 0.3 is 0 Å². The van der Waals surface area contributed by atoms with E-state index in [1.165, 1.54) is 0 Å². The number of rotatable bonds is 6. The van der Waals surface area contributed by atoms with Crippen molar-refractivity contribution in [1.29, 1.82) is 0 Å². The molecule has 0 radical (unpaired) electrons. The van der Waals surface area contributed by atoms with Crippen LogP contribution in [0.25, 0.3) is 0 Å². The van der Waals surface area contributed by atoms with Crippen LogP contribution in [-0.2, 0) is 0 Å². The predicted octanol–water partition coefficient (Wildman–Crippen LogP) is 1.08. The molecule has 1 atom stereocenters. The van der Waals surface area contributed by atoms with Crippen LogP contribution >= 0.6 is 0 Å². The van der Waals surface area contributed by atoms with Gasteiger partial charge in [0.1, 0.15) is 5.82 Å². The van der Waals surface area contributed by atoms with Crippen LogP contribution in [0.1, 0.15) is 19.8 Å². The lowest BCUT2D eigenvalue weighted by atomic mass is 10.1. The average molecular weight is 223 g/mol. The maximum absolute atomic E-state index is 5.56. The van der Waals surface area contributed by atoms with Gasteiger partial charge in [-0.05, 0) is 25.5 Å². The maximum Gasteiger partial charge on any atom is 0.226 e. The van der Waals surface area contributed by atoms with Gasteiger partial charge in [-0.25, -0.2) is 4.98 Å². The highest BCUT2D eigenvalue weighted by molar-refractivity contribution is 5.40. The van der Waals surface area contributed by atoms with Crippen molar-refractivity contribution in [2.45, 2.75) is 25.8 Å². The van der Waals surface area contributed by atoms with Crippen molar-refractivity contribution < 1.29 is 0 Å². The Bertz CT molecular complexity index is 313. The number of anilines is 2. The van der Waals surface area contributed by atoms with Crippen LogP contribution in [-0.4, -0.2) is 36.6 Å². The van der Waals surface area contributed by atoms with Gasteiger partial charge < -0.3 is 16.0 Å². The molecule has 1 rings (SSSR count). The summed E-state index contributed by atoms with van der Waals surface area (Å²) in [7, 11) is 3.85. The van der Waals surface area contributed by atoms with Gasteiger partial charge in [-0.15, -0.1) is 0 Å². The summed E-state index contributed by atoms with van der Waals surface area (Å²) in [6.07, 6.45) is 3.76. The van der Waals surface area contributed by atoms with Crippen molar-refractivity contribution in [2.24, 2.45) is 5.73 Å². The summed E-state index contributed by atoms with van der Waals surface area (Å²) in [6, 6.07) is 2.27. The van der Waals surface area contributed by atoms with E-state index in [4.69, 9.17) is 5.73 Å². The van der Waals surface area contributed by atoms with Crippen LogP contribution in [0.2, 0.25) is 0 Å². The third kappa shape index (κ3) is 3.66. The molecule has 0 aliphatic heterocycles. The van der Waals surface area contributed by atoms with Crippen molar-refractivity contribution >= 4 is 11.8 Å². The molecule has 0 aliphatic carbocycles. The molecule has 90 valence electrons. The topological polar surface area (TPSA) is 67.1 Å². The van der Waals surface area contributed by atoms with Gasteiger partial charge in [0, 0.05) is 26.3 Å². The van der Waals surface area contributed by atoms with Gasteiger partial charge in [-0.2, -0.15) is 4.98 Å². The molecule has 0 aromatic carbocycles. The summed E-state index contributed by atoms with van der Waals surface area (Å²) in [5.74, 6) is 1.58. The Kier molecular flexibility index (Phi) is 4.98. The van der Waals surface area contributed by atoms with Crippen molar-refractivity contribution in [1.82, 2.24) is 9.97 Å². The van der Waals surface area contributed by atoms with Gasteiger partial charge in [0.05, 0.1) is 0 Å². The van der Waals surface area contributed by atoms with E-state index >= 15 is 0 Å². The number of hydrogen-bond acceptors (Lipinski definition) is 5. The van der Waals surface area contributed by atoms with E-state index in [0.717, 1.165) is 18.7 Å². The standard InChI is InChI=1S/C11H21N5/c1-4-9(5-7-12)14-10-6-8-13-11(15-10)16(2)3/h6,8-9H,4-5,7,12H2,1-3H3,(H,13,14,15). The molecule has 1 aromatic rings. The molecule has 1 unspecified atom stereocenters. The van der Waals surface area contributed by atoms with Crippen molar-refractivity contribution in [2.75, 3.05) is 30.9 Å². The fourth-order valence-electron chi connectivity index (χ4n) is 1.43. The molecular formula is C11H21N5. The molecule has 5 heteroatoms. The Balaban J connectivity index is 2.68. The Morgan fingerprint density at radius 1 is 1.50 bits per heavy atom. The summed E-state index contributed by atoms with van der Waals surface area (Å²) < 4.78 is 0. The second-order valence-corrected chi connectivity index (χ2v) is 3.96. The van der Waals surface area contributed by atoms with Gasteiger partial charge in [0.15, 0.2) is 0 Å². The molecule has 0 aliphatic rings. The molecule has 1 heterocycles. The van der Waals surface area contributed by atoms with E-state index in [1.54, 1.807) is 6.20 Å². The number of aromatic nitrogens is 2. The first-order chi connectivity index (χ1) is 7.67. The molecule has 0 saturated heterocycles. The smallest absolute Gasteiger partial charge is 0.226 e. The second-order valence-electron chi connectivity index (χ2n) is 3.96. The van der Waals surface area contributed by atoms with E-state index in [9.17, 15) is 0 Å². The minimum Gasteiger partial charge on any atom is -0.367 e. The Morgan fingerprint density at radius 2 is 2.25 bits per heavy atom. The monoisotopic (exact) mass is 223 g/mol. The summed E-state index contributed by atoms with van der Waals surface area (Å²) in [4.78, 5) is 10.5.